The molecule has 0 bridgehead atoms. The van der Waals surface area contributed by atoms with Gasteiger partial charge in [0.05, 0.1) is 18.7 Å². The SMILES string of the molecule is NC(CCC(=O)O)C(=O)NC(Cc1ccccc1)C(=O)NC(Cc1cnc[nH]1)C(=O)NC(Cc1cnc[nH]1)C(=O)O. The highest BCUT2D eigenvalue weighted by molar-refractivity contribution is 5.94. The number of benzene rings is 1. The molecular formula is C26H32N8O7. The number of carbonyl (C=O) groups excluding carboxylic acids is 3. The molecule has 0 saturated carbocycles. The van der Waals surface area contributed by atoms with Gasteiger partial charge in [-0.2, -0.15) is 0 Å². The van der Waals surface area contributed by atoms with Crippen molar-refractivity contribution in [2.24, 2.45) is 5.73 Å². The molecule has 0 saturated heterocycles. The van der Waals surface area contributed by atoms with E-state index in [-0.39, 0.29) is 32.1 Å². The summed E-state index contributed by atoms with van der Waals surface area (Å²) in [7, 11) is 0. The second-order valence-corrected chi connectivity index (χ2v) is 9.31. The number of carboxylic acid groups (broad SMARTS) is 2. The molecule has 0 aliphatic rings. The molecular weight excluding hydrogens is 536 g/mol. The smallest absolute Gasteiger partial charge is 0.326 e. The van der Waals surface area contributed by atoms with Gasteiger partial charge in [-0.25, -0.2) is 14.8 Å². The van der Waals surface area contributed by atoms with Crippen molar-refractivity contribution in [3.8, 4) is 0 Å². The summed E-state index contributed by atoms with van der Waals surface area (Å²) in [4.78, 5) is 75.7. The topological polar surface area (TPSA) is 245 Å². The fraction of sp³-hybridized carbons (Fsp3) is 0.346. The fourth-order valence-corrected chi connectivity index (χ4v) is 3.93. The van der Waals surface area contributed by atoms with Crippen LogP contribution in [0.5, 0.6) is 0 Å². The van der Waals surface area contributed by atoms with Gasteiger partial charge in [-0.1, -0.05) is 30.3 Å². The molecule has 0 aliphatic carbocycles. The number of nitrogens with zero attached hydrogens (tertiary/aromatic N) is 2. The van der Waals surface area contributed by atoms with Gasteiger partial charge in [0.25, 0.3) is 0 Å². The summed E-state index contributed by atoms with van der Waals surface area (Å²) >= 11 is 0. The molecule has 3 aromatic rings. The van der Waals surface area contributed by atoms with Crippen molar-refractivity contribution in [1.82, 2.24) is 35.9 Å². The lowest BCUT2D eigenvalue weighted by molar-refractivity contribution is -0.142. The van der Waals surface area contributed by atoms with Crippen molar-refractivity contribution in [2.75, 3.05) is 0 Å². The summed E-state index contributed by atoms with van der Waals surface area (Å²) < 4.78 is 0. The predicted octanol–water partition coefficient (Wildman–Crippen LogP) is -1.11. The van der Waals surface area contributed by atoms with Crippen LogP contribution in [0.15, 0.2) is 55.4 Å². The summed E-state index contributed by atoms with van der Waals surface area (Å²) in [6.45, 7) is 0. The quantitative estimate of drug-likeness (QED) is 0.103. The molecule has 3 rings (SSSR count). The number of aliphatic carboxylic acids is 2. The van der Waals surface area contributed by atoms with E-state index in [0.717, 1.165) is 0 Å². The molecule has 0 fully saturated rings. The van der Waals surface area contributed by atoms with E-state index in [4.69, 9.17) is 10.8 Å². The predicted molar refractivity (Wildman–Crippen MR) is 143 cm³/mol. The van der Waals surface area contributed by atoms with Crippen molar-refractivity contribution in [2.45, 2.75) is 56.3 Å². The van der Waals surface area contributed by atoms with Crippen LogP contribution >= 0.6 is 0 Å². The molecule has 9 N–H and O–H groups in total. The van der Waals surface area contributed by atoms with E-state index in [1.54, 1.807) is 30.3 Å². The molecule has 1 aromatic carbocycles. The number of carboxylic acids is 2. The number of H-pyrrole nitrogens is 2. The highest BCUT2D eigenvalue weighted by Crippen LogP contribution is 2.08. The summed E-state index contributed by atoms with van der Waals surface area (Å²) in [6, 6.07) is 3.86. The third-order valence-electron chi connectivity index (χ3n) is 6.13. The van der Waals surface area contributed by atoms with Crippen molar-refractivity contribution in [3.63, 3.8) is 0 Å². The number of amides is 3. The molecule has 2 aromatic heterocycles. The van der Waals surface area contributed by atoms with Gasteiger partial charge in [-0.15, -0.1) is 0 Å². The third-order valence-corrected chi connectivity index (χ3v) is 6.13. The molecule has 2 heterocycles. The summed E-state index contributed by atoms with van der Waals surface area (Å²) in [5.74, 6) is -4.64. The zero-order valence-electron chi connectivity index (χ0n) is 21.9. The van der Waals surface area contributed by atoms with E-state index in [1.165, 1.54) is 25.0 Å². The second-order valence-electron chi connectivity index (χ2n) is 9.31. The molecule has 15 heteroatoms. The minimum atomic E-state index is -1.32. The molecule has 15 nitrogen and oxygen atoms in total. The standard InChI is InChI=1S/C26H32N8O7/c27-18(6-7-22(35)36)23(37)32-19(8-15-4-2-1-3-5-15)24(38)33-20(9-16-11-28-13-30-16)25(39)34-21(26(40)41)10-17-12-29-14-31-17/h1-5,11-14,18-21H,6-10,27H2,(H,28,30)(H,29,31)(H,32,37)(H,33,38)(H,34,39)(H,35,36)(H,40,41). The van der Waals surface area contributed by atoms with E-state index in [1.807, 2.05) is 0 Å². The molecule has 4 atom stereocenters. The van der Waals surface area contributed by atoms with E-state index < -0.39 is 53.8 Å². The molecule has 0 spiro atoms. The van der Waals surface area contributed by atoms with E-state index in [2.05, 4.69) is 35.9 Å². The first kappa shape index (κ1) is 30.5. The van der Waals surface area contributed by atoms with Crippen molar-refractivity contribution in [1.29, 1.82) is 0 Å². The summed E-state index contributed by atoms with van der Waals surface area (Å²) in [5, 5.41) is 26.2. The number of rotatable bonds is 16. The van der Waals surface area contributed by atoms with Gasteiger partial charge in [-0.3, -0.25) is 19.2 Å². The van der Waals surface area contributed by atoms with Gasteiger partial charge < -0.3 is 41.9 Å². The molecule has 0 aliphatic heterocycles. The highest BCUT2D eigenvalue weighted by atomic mass is 16.4. The maximum absolute atomic E-state index is 13.5. The lowest BCUT2D eigenvalue weighted by Crippen LogP contribution is -2.58. The van der Waals surface area contributed by atoms with Crippen LogP contribution in [0.4, 0.5) is 0 Å². The molecule has 3 amide bonds. The Balaban J connectivity index is 1.79. The van der Waals surface area contributed by atoms with Crippen LogP contribution in [-0.4, -0.2) is 84.0 Å². The average molecular weight is 569 g/mol. The Hall–Kier alpha value is -5.05. The maximum atomic E-state index is 13.5. The van der Waals surface area contributed by atoms with Crippen LogP contribution in [0.3, 0.4) is 0 Å². The number of nitrogens with one attached hydrogen (secondary N) is 5. The summed E-state index contributed by atoms with van der Waals surface area (Å²) in [6.07, 6.45) is 5.09. The van der Waals surface area contributed by atoms with Gasteiger partial charge in [0, 0.05) is 49.5 Å². The van der Waals surface area contributed by atoms with Crippen LogP contribution < -0.4 is 21.7 Å². The Morgan fingerprint density at radius 1 is 0.756 bits per heavy atom. The highest BCUT2D eigenvalue weighted by Gasteiger charge is 2.31. The van der Waals surface area contributed by atoms with E-state index >= 15 is 0 Å². The van der Waals surface area contributed by atoms with Crippen molar-refractivity contribution < 1.29 is 34.2 Å². The first-order valence-electron chi connectivity index (χ1n) is 12.7. The number of aromatic nitrogens is 4. The average Bonchev–Trinajstić information content (AvgIpc) is 3.65. The van der Waals surface area contributed by atoms with Crippen LogP contribution in [0, 0.1) is 0 Å². The van der Waals surface area contributed by atoms with Gasteiger partial charge >= 0.3 is 11.9 Å². The van der Waals surface area contributed by atoms with E-state index in [9.17, 15) is 29.1 Å². The molecule has 41 heavy (non-hydrogen) atoms. The summed E-state index contributed by atoms with van der Waals surface area (Å²) in [5.41, 5.74) is 7.52. The Morgan fingerprint density at radius 2 is 1.27 bits per heavy atom. The van der Waals surface area contributed by atoms with Gasteiger partial charge in [0.2, 0.25) is 17.7 Å². The minimum absolute atomic E-state index is 0.0417. The number of hydrogen-bond acceptors (Lipinski definition) is 8. The van der Waals surface area contributed by atoms with Crippen LogP contribution in [0.2, 0.25) is 0 Å². The molecule has 4 unspecified atom stereocenters. The largest absolute Gasteiger partial charge is 0.481 e. The third kappa shape index (κ3) is 9.89. The second kappa shape index (κ2) is 14.9. The zero-order valence-corrected chi connectivity index (χ0v) is 21.9. The lowest BCUT2D eigenvalue weighted by atomic mass is 10.0. The van der Waals surface area contributed by atoms with Crippen LogP contribution in [-0.2, 0) is 43.2 Å². The Morgan fingerprint density at radius 3 is 1.78 bits per heavy atom. The number of aromatic amines is 2. The van der Waals surface area contributed by atoms with Gasteiger partial charge in [0.15, 0.2) is 0 Å². The first-order chi connectivity index (χ1) is 19.6. The first-order valence-corrected chi connectivity index (χ1v) is 12.7. The molecule has 0 radical (unpaired) electrons. The van der Waals surface area contributed by atoms with Gasteiger partial charge in [0.1, 0.15) is 18.1 Å². The van der Waals surface area contributed by atoms with Gasteiger partial charge in [-0.05, 0) is 12.0 Å². The Kier molecular flexibility index (Phi) is 11.1. The number of hydrogen-bond donors (Lipinski definition) is 8. The normalized spacial score (nSPS) is 13.8. The number of carbonyl (C=O) groups is 5. The maximum Gasteiger partial charge on any atom is 0.326 e. The van der Waals surface area contributed by atoms with Crippen LogP contribution in [0.25, 0.3) is 0 Å². The van der Waals surface area contributed by atoms with Crippen molar-refractivity contribution in [3.05, 3.63) is 72.3 Å². The minimum Gasteiger partial charge on any atom is -0.481 e. The fourth-order valence-electron chi connectivity index (χ4n) is 3.93. The monoisotopic (exact) mass is 568 g/mol. The Labute approximate surface area is 234 Å². The Bertz CT molecular complexity index is 1300. The molecule has 218 valence electrons. The number of nitrogens with two attached hydrogens (primary N) is 1. The lowest BCUT2D eigenvalue weighted by Gasteiger charge is -2.25. The van der Waals surface area contributed by atoms with Crippen molar-refractivity contribution >= 4 is 29.7 Å². The van der Waals surface area contributed by atoms with E-state index in [0.29, 0.717) is 17.0 Å². The zero-order chi connectivity index (χ0) is 29.8. The van der Waals surface area contributed by atoms with Crippen LogP contribution in [0.1, 0.15) is 29.8 Å². The number of imidazole rings is 2.